The van der Waals surface area contributed by atoms with Gasteiger partial charge in [0.2, 0.25) is 0 Å². The lowest BCUT2D eigenvalue weighted by molar-refractivity contribution is 0.626. The molecule has 0 bridgehead atoms. The third-order valence-corrected chi connectivity index (χ3v) is 3.40. The van der Waals surface area contributed by atoms with Crippen LogP contribution in [0.15, 0.2) is 29.2 Å². The standard InChI is InChI=1S/C9H12FNOS/c1-7(6-11)13(12)9-4-2-8(10)3-5-9/h2-5,7H,6,11H2,1H3. The van der Waals surface area contributed by atoms with Gasteiger partial charge in [-0.1, -0.05) is 0 Å². The second-order valence-electron chi connectivity index (χ2n) is 2.80. The normalized spacial score (nSPS) is 15.3. The minimum Gasteiger partial charge on any atom is -0.329 e. The van der Waals surface area contributed by atoms with Crippen molar-refractivity contribution >= 4 is 10.8 Å². The monoisotopic (exact) mass is 201 g/mol. The molecule has 0 radical (unpaired) electrons. The first-order chi connectivity index (χ1) is 6.15. The third-order valence-electron chi connectivity index (χ3n) is 1.74. The Balaban J connectivity index is 2.83. The number of hydrogen-bond donors (Lipinski definition) is 1. The van der Waals surface area contributed by atoms with Gasteiger partial charge in [-0.25, -0.2) is 4.39 Å². The van der Waals surface area contributed by atoms with E-state index in [0.29, 0.717) is 11.4 Å². The molecule has 0 saturated carbocycles. The average Bonchev–Trinajstić information content (AvgIpc) is 2.17. The molecule has 1 aromatic carbocycles. The molecule has 0 amide bonds. The van der Waals surface area contributed by atoms with Crippen LogP contribution in [0.4, 0.5) is 4.39 Å². The van der Waals surface area contributed by atoms with Crippen LogP contribution in [0.3, 0.4) is 0 Å². The predicted molar refractivity (Wildman–Crippen MR) is 51.3 cm³/mol. The molecule has 0 aliphatic rings. The first kappa shape index (κ1) is 10.3. The zero-order valence-electron chi connectivity index (χ0n) is 7.37. The van der Waals surface area contributed by atoms with Crippen molar-refractivity contribution in [3.05, 3.63) is 30.1 Å². The van der Waals surface area contributed by atoms with Gasteiger partial charge in [-0.2, -0.15) is 0 Å². The van der Waals surface area contributed by atoms with Crippen molar-refractivity contribution in [2.24, 2.45) is 5.73 Å². The minimum atomic E-state index is -1.13. The first-order valence-electron chi connectivity index (χ1n) is 4.01. The van der Waals surface area contributed by atoms with Crippen molar-refractivity contribution in [3.8, 4) is 0 Å². The van der Waals surface area contributed by atoms with E-state index >= 15 is 0 Å². The van der Waals surface area contributed by atoms with E-state index in [1.807, 2.05) is 0 Å². The molecule has 2 N–H and O–H groups in total. The molecule has 13 heavy (non-hydrogen) atoms. The maximum atomic E-state index is 12.5. The maximum absolute atomic E-state index is 12.5. The lowest BCUT2D eigenvalue weighted by Crippen LogP contribution is -2.21. The highest BCUT2D eigenvalue weighted by atomic mass is 32.2. The summed E-state index contributed by atoms with van der Waals surface area (Å²) in [5.41, 5.74) is 5.37. The number of nitrogens with two attached hydrogens (primary N) is 1. The molecule has 0 spiro atoms. The smallest absolute Gasteiger partial charge is 0.123 e. The fourth-order valence-electron chi connectivity index (χ4n) is 0.888. The minimum absolute atomic E-state index is 0.0922. The Kier molecular flexibility index (Phi) is 3.57. The van der Waals surface area contributed by atoms with Gasteiger partial charge < -0.3 is 5.73 Å². The van der Waals surface area contributed by atoms with Gasteiger partial charge in [-0.15, -0.1) is 0 Å². The number of halogens is 1. The Bertz CT molecular complexity index is 299. The Hall–Kier alpha value is -0.740. The van der Waals surface area contributed by atoms with Crippen molar-refractivity contribution in [1.82, 2.24) is 0 Å². The molecule has 0 fully saturated rings. The number of rotatable bonds is 3. The molecule has 2 unspecified atom stereocenters. The van der Waals surface area contributed by atoms with E-state index in [4.69, 9.17) is 5.73 Å². The average molecular weight is 201 g/mol. The van der Waals surface area contributed by atoms with Crippen LogP contribution in [0.25, 0.3) is 0 Å². The Morgan fingerprint density at radius 3 is 2.46 bits per heavy atom. The molecular weight excluding hydrogens is 189 g/mol. The summed E-state index contributed by atoms with van der Waals surface area (Å²) in [6.45, 7) is 2.17. The zero-order valence-corrected chi connectivity index (χ0v) is 8.18. The van der Waals surface area contributed by atoms with Crippen LogP contribution in [0.5, 0.6) is 0 Å². The van der Waals surface area contributed by atoms with Gasteiger partial charge in [0.1, 0.15) is 5.82 Å². The fourth-order valence-corrected chi connectivity index (χ4v) is 1.93. The van der Waals surface area contributed by atoms with E-state index in [1.54, 1.807) is 6.92 Å². The molecule has 2 atom stereocenters. The van der Waals surface area contributed by atoms with Crippen molar-refractivity contribution in [1.29, 1.82) is 0 Å². The van der Waals surface area contributed by atoms with Gasteiger partial charge >= 0.3 is 0 Å². The summed E-state index contributed by atoms with van der Waals surface area (Å²) in [6.07, 6.45) is 0. The molecule has 0 saturated heterocycles. The summed E-state index contributed by atoms with van der Waals surface area (Å²) in [4.78, 5) is 0.624. The summed E-state index contributed by atoms with van der Waals surface area (Å²) in [5.74, 6) is -0.318. The predicted octanol–water partition coefficient (Wildman–Crippen LogP) is 1.28. The molecular formula is C9H12FNOS. The second-order valence-corrected chi connectivity index (χ2v) is 4.67. The van der Waals surface area contributed by atoms with E-state index in [-0.39, 0.29) is 11.1 Å². The van der Waals surface area contributed by atoms with Crippen LogP contribution in [-0.2, 0) is 10.8 Å². The van der Waals surface area contributed by atoms with Gasteiger partial charge in [0.15, 0.2) is 0 Å². The SMILES string of the molecule is CC(CN)S(=O)c1ccc(F)cc1. The molecule has 0 aliphatic carbocycles. The van der Waals surface area contributed by atoms with Gasteiger partial charge in [-0.05, 0) is 31.2 Å². The molecule has 0 aromatic heterocycles. The highest BCUT2D eigenvalue weighted by molar-refractivity contribution is 7.85. The molecule has 0 heterocycles. The van der Waals surface area contributed by atoms with Crippen molar-refractivity contribution in [3.63, 3.8) is 0 Å². The number of benzene rings is 1. The lowest BCUT2D eigenvalue weighted by Gasteiger charge is -2.07. The summed E-state index contributed by atoms with van der Waals surface area (Å²) in [6, 6.07) is 5.65. The maximum Gasteiger partial charge on any atom is 0.123 e. The lowest BCUT2D eigenvalue weighted by atomic mass is 10.3. The third kappa shape index (κ3) is 2.60. The van der Waals surface area contributed by atoms with E-state index in [0.717, 1.165) is 0 Å². The van der Waals surface area contributed by atoms with Crippen LogP contribution in [0.2, 0.25) is 0 Å². The van der Waals surface area contributed by atoms with Crippen LogP contribution in [0.1, 0.15) is 6.92 Å². The Morgan fingerprint density at radius 1 is 1.46 bits per heavy atom. The first-order valence-corrected chi connectivity index (χ1v) is 5.22. The molecule has 4 heteroatoms. The fraction of sp³-hybridized carbons (Fsp3) is 0.333. The Morgan fingerprint density at radius 2 is 2.00 bits per heavy atom. The quantitative estimate of drug-likeness (QED) is 0.800. The second kappa shape index (κ2) is 4.48. The molecule has 2 nitrogen and oxygen atoms in total. The van der Waals surface area contributed by atoms with Crippen LogP contribution in [-0.4, -0.2) is 16.0 Å². The van der Waals surface area contributed by atoms with Gasteiger partial charge in [0.25, 0.3) is 0 Å². The largest absolute Gasteiger partial charge is 0.329 e. The highest BCUT2D eigenvalue weighted by Gasteiger charge is 2.10. The highest BCUT2D eigenvalue weighted by Crippen LogP contribution is 2.11. The van der Waals surface area contributed by atoms with Crippen LogP contribution in [0, 0.1) is 5.82 Å². The van der Waals surface area contributed by atoms with Gasteiger partial charge in [0.05, 0.1) is 10.8 Å². The van der Waals surface area contributed by atoms with Crippen LogP contribution >= 0.6 is 0 Å². The molecule has 72 valence electrons. The molecule has 1 rings (SSSR count). The molecule has 0 aliphatic heterocycles. The topological polar surface area (TPSA) is 43.1 Å². The van der Waals surface area contributed by atoms with E-state index < -0.39 is 10.8 Å². The summed E-state index contributed by atoms with van der Waals surface area (Å²) >= 11 is 0. The van der Waals surface area contributed by atoms with Crippen molar-refractivity contribution in [2.45, 2.75) is 17.1 Å². The number of hydrogen-bond acceptors (Lipinski definition) is 2. The van der Waals surface area contributed by atoms with E-state index in [9.17, 15) is 8.60 Å². The van der Waals surface area contributed by atoms with E-state index in [2.05, 4.69) is 0 Å². The van der Waals surface area contributed by atoms with Gasteiger partial charge in [0, 0.05) is 16.7 Å². The zero-order chi connectivity index (χ0) is 9.84. The van der Waals surface area contributed by atoms with Crippen molar-refractivity contribution in [2.75, 3.05) is 6.54 Å². The summed E-state index contributed by atoms with van der Waals surface area (Å²) in [7, 11) is -1.13. The van der Waals surface area contributed by atoms with Crippen LogP contribution < -0.4 is 5.73 Å². The van der Waals surface area contributed by atoms with Gasteiger partial charge in [-0.3, -0.25) is 4.21 Å². The van der Waals surface area contributed by atoms with Crippen molar-refractivity contribution < 1.29 is 8.60 Å². The summed E-state index contributed by atoms with van der Waals surface area (Å²) in [5, 5.41) is -0.0922. The molecule has 1 aromatic rings. The Labute approximate surface area is 79.4 Å². The van der Waals surface area contributed by atoms with E-state index in [1.165, 1.54) is 24.3 Å². The summed E-state index contributed by atoms with van der Waals surface area (Å²) < 4.78 is 24.1.